The Morgan fingerprint density at radius 1 is 0.972 bits per heavy atom. The Morgan fingerprint density at radius 3 is 2.44 bits per heavy atom. The molecule has 5 heteroatoms. The van der Waals surface area contributed by atoms with E-state index in [0.717, 1.165) is 55.6 Å². The van der Waals surface area contributed by atoms with Crippen molar-refractivity contribution in [1.29, 1.82) is 0 Å². The van der Waals surface area contributed by atoms with Gasteiger partial charge in [0.05, 0.1) is 12.3 Å². The van der Waals surface area contributed by atoms with Crippen molar-refractivity contribution in [1.82, 2.24) is 4.90 Å². The van der Waals surface area contributed by atoms with Gasteiger partial charge in [-0.25, -0.2) is 0 Å². The van der Waals surface area contributed by atoms with Crippen molar-refractivity contribution in [2.24, 2.45) is 5.92 Å². The Bertz CT molecular complexity index is 1260. The van der Waals surface area contributed by atoms with Gasteiger partial charge in [-0.3, -0.25) is 4.39 Å². The van der Waals surface area contributed by atoms with Crippen molar-refractivity contribution >= 4 is 34.3 Å². The summed E-state index contributed by atoms with van der Waals surface area (Å²) < 4.78 is 12.5. The standard InChI is InChI=1S/C31H32Cl2FNO/c1-31(36,24-19-35(20-24)17-5-16-34)23-12-10-22(11-13-23)30-26-8-3-2-6-21(26)7-4-9-28(30)27-15-14-25(32)18-29(27)33/h2-3,6,8,10-15,18,24,36H,4-5,7,9,16-17,19-20H2,1H3. The third kappa shape index (κ3) is 4.99. The molecule has 188 valence electrons. The van der Waals surface area contributed by atoms with Crippen molar-refractivity contribution in [3.63, 3.8) is 0 Å². The minimum absolute atomic E-state index is 0.143. The second kappa shape index (κ2) is 10.7. The molecule has 5 rings (SSSR count). The Labute approximate surface area is 223 Å². The van der Waals surface area contributed by atoms with Crippen LogP contribution >= 0.6 is 23.2 Å². The van der Waals surface area contributed by atoms with Crippen LogP contribution < -0.4 is 0 Å². The maximum Gasteiger partial charge on any atom is 0.0921 e. The summed E-state index contributed by atoms with van der Waals surface area (Å²) in [4.78, 5) is 2.21. The van der Waals surface area contributed by atoms with E-state index in [9.17, 15) is 9.50 Å². The van der Waals surface area contributed by atoms with Gasteiger partial charge in [0.25, 0.3) is 0 Å². The molecule has 1 unspecified atom stereocenters. The number of halogens is 3. The van der Waals surface area contributed by atoms with Crippen LogP contribution in [0.4, 0.5) is 4.39 Å². The Kier molecular flexibility index (Phi) is 7.55. The number of likely N-dealkylation sites (tertiary alicyclic amines) is 1. The lowest BCUT2D eigenvalue weighted by Crippen LogP contribution is -2.55. The van der Waals surface area contributed by atoms with Gasteiger partial charge in [-0.05, 0) is 83.7 Å². The van der Waals surface area contributed by atoms with E-state index < -0.39 is 5.60 Å². The van der Waals surface area contributed by atoms with Crippen LogP contribution in [0.2, 0.25) is 10.0 Å². The summed E-state index contributed by atoms with van der Waals surface area (Å²) in [6.07, 6.45) is 3.53. The van der Waals surface area contributed by atoms with E-state index in [0.29, 0.717) is 16.5 Å². The highest BCUT2D eigenvalue weighted by Crippen LogP contribution is 2.43. The molecule has 1 N–H and O–H groups in total. The van der Waals surface area contributed by atoms with Crippen molar-refractivity contribution in [2.45, 2.75) is 38.2 Å². The molecule has 1 aliphatic heterocycles. The average Bonchev–Trinajstić information content (AvgIpc) is 3.03. The maximum atomic E-state index is 12.5. The molecule has 1 fully saturated rings. The van der Waals surface area contributed by atoms with Crippen LogP contribution in [0.25, 0.3) is 11.1 Å². The van der Waals surface area contributed by atoms with Gasteiger partial charge in [-0.1, -0.05) is 77.8 Å². The number of aliphatic hydroxyl groups is 1. The number of allylic oxidation sites excluding steroid dienone is 1. The molecule has 0 radical (unpaired) electrons. The van der Waals surface area contributed by atoms with Crippen LogP contribution in [0.3, 0.4) is 0 Å². The molecule has 0 spiro atoms. The molecule has 0 amide bonds. The zero-order chi connectivity index (χ0) is 25.3. The summed E-state index contributed by atoms with van der Waals surface area (Å²) in [5, 5.41) is 12.7. The summed E-state index contributed by atoms with van der Waals surface area (Å²) in [6.45, 7) is 3.96. The minimum Gasteiger partial charge on any atom is -0.385 e. The van der Waals surface area contributed by atoms with Gasteiger partial charge in [0, 0.05) is 35.6 Å². The van der Waals surface area contributed by atoms with E-state index >= 15 is 0 Å². The number of hydrogen-bond donors (Lipinski definition) is 1. The van der Waals surface area contributed by atoms with Crippen LogP contribution in [0.1, 0.15) is 54.0 Å². The lowest BCUT2D eigenvalue weighted by molar-refractivity contribution is -0.0796. The highest BCUT2D eigenvalue weighted by atomic mass is 35.5. The lowest BCUT2D eigenvalue weighted by atomic mass is 9.77. The van der Waals surface area contributed by atoms with Crippen molar-refractivity contribution in [2.75, 3.05) is 26.3 Å². The summed E-state index contributed by atoms with van der Waals surface area (Å²) in [5.74, 6) is 0.143. The highest BCUT2D eigenvalue weighted by Gasteiger charge is 2.41. The van der Waals surface area contributed by atoms with Crippen LogP contribution in [-0.4, -0.2) is 36.3 Å². The first kappa shape index (κ1) is 25.5. The van der Waals surface area contributed by atoms with Crippen LogP contribution in [-0.2, 0) is 12.0 Å². The molecule has 2 aliphatic rings. The second-order valence-electron chi connectivity index (χ2n) is 10.2. The Balaban J connectivity index is 1.52. The van der Waals surface area contributed by atoms with E-state index in [2.05, 4.69) is 53.4 Å². The molecule has 0 aromatic heterocycles. The predicted octanol–water partition coefficient (Wildman–Crippen LogP) is 7.79. The van der Waals surface area contributed by atoms with Gasteiger partial charge in [-0.15, -0.1) is 0 Å². The van der Waals surface area contributed by atoms with E-state index in [-0.39, 0.29) is 12.6 Å². The van der Waals surface area contributed by atoms with Crippen molar-refractivity contribution < 1.29 is 9.50 Å². The molecule has 0 bridgehead atoms. The van der Waals surface area contributed by atoms with Crippen molar-refractivity contribution in [3.8, 4) is 0 Å². The molecule has 2 nitrogen and oxygen atoms in total. The number of fused-ring (bicyclic) bond motifs is 1. The second-order valence-corrected chi connectivity index (χ2v) is 11.1. The fourth-order valence-electron chi connectivity index (χ4n) is 5.66. The normalized spacial score (nSPS) is 18.4. The van der Waals surface area contributed by atoms with Gasteiger partial charge in [0.2, 0.25) is 0 Å². The smallest absolute Gasteiger partial charge is 0.0921 e. The van der Waals surface area contributed by atoms with Crippen molar-refractivity contribution in [3.05, 3.63) is 105 Å². The van der Waals surface area contributed by atoms with Gasteiger partial charge in [-0.2, -0.15) is 0 Å². The topological polar surface area (TPSA) is 23.5 Å². The van der Waals surface area contributed by atoms with E-state index in [1.54, 1.807) is 0 Å². The number of benzene rings is 3. The van der Waals surface area contributed by atoms with E-state index in [1.165, 1.54) is 22.3 Å². The first-order chi connectivity index (χ1) is 17.4. The fraction of sp³-hybridized carbons (Fsp3) is 0.355. The zero-order valence-corrected chi connectivity index (χ0v) is 22.1. The van der Waals surface area contributed by atoms with Crippen LogP contribution in [0, 0.1) is 5.92 Å². The van der Waals surface area contributed by atoms with Gasteiger partial charge in [0.15, 0.2) is 0 Å². The number of nitrogens with zero attached hydrogens (tertiary/aromatic N) is 1. The predicted molar refractivity (Wildman–Crippen MR) is 148 cm³/mol. The van der Waals surface area contributed by atoms with Crippen LogP contribution in [0.5, 0.6) is 0 Å². The first-order valence-electron chi connectivity index (χ1n) is 12.8. The summed E-state index contributed by atoms with van der Waals surface area (Å²) in [6, 6.07) is 22.7. The molecule has 3 aromatic rings. The molecule has 1 aliphatic carbocycles. The number of rotatable bonds is 7. The minimum atomic E-state index is -0.928. The highest BCUT2D eigenvalue weighted by molar-refractivity contribution is 6.36. The number of hydrogen-bond acceptors (Lipinski definition) is 2. The molecular weight excluding hydrogens is 492 g/mol. The molecule has 1 atom stereocenters. The molecule has 36 heavy (non-hydrogen) atoms. The molecule has 3 aromatic carbocycles. The fourth-order valence-corrected chi connectivity index (χ4v) is 6.18. The average molecular weight is 525 g/mol. The molecule has 1 heterocycles. The quantitative estimate of drug-likeness (QED) is 0.341. The SMILES string of the molecule is CC(O)(c1ccc(C2=C(c3ccc(Cl)cc3Cl)CCCc3ccccc32)cc1)C1CN(CCCF)C1. The third-order valence-corrected chi connectivity index (χ3v) is 8.38. The van der Waals surface area contributed by atoms with Gasteiger partial charge >= 0.3 is 0 Å². The number of alkyl halides is 1. The molecule has 0 saturated carbocycles. The zero-order valence-electron chi connectivity index (χ0n) is 20.6. The van der Waals surface area contributed by atoms with Crippen LogP contribution in [0.15, 0.2) is 66.7 Å². The summed E-state index contributed by atoms with van der Waals surface area (Å²) >= 11 is 12.9. The van der Waals surface area contributed by atoms with E-state index in [4.69, 9.17) is 23.2 Å². The number of aryl methyl sites for hydroxylation is 1. The van der Waals surface area contributed by atoms with Gasteiger partial charge in [0.1, 0.15) is 0 Å². The summed E-state index contributed by atoms with van der Waals surface area (Å²) in [5.41, 5.74) is 7.11. The molecule has 1 saturated heterocycles. The first-order valence-corrected chi connectivity index (χ1v) is 13.5. The maximum absolute atomic E-state index is 12.5. The molecular formula is C31H32Cl2FNO. The monoisotopic (exact) mass is 523 g/mol. The Hall–Kier alpha value is -2.17. The third-order valence-electron chi connectivity index (χ3n) is 7.84. The van der Waals surface area contributed by atoms with E-state index in [1.807, 2.05) is 25.1 Å². The largest absolute Gasteiger partial charge is 0.385 e. The summed E-state index contributed by atoms with van der Waals surface area (Å²) in [7, 11) is 0. The lowest BCUT2D eigenvalue weighted by Gasteiger charge is -2.47. The van der Waals surface area contributed by atoms with Gasteiger partial charge < -0.3 is 10.0 Å². The Morgan fingerprint density at radius 2 is 1.72 bits per heavy atom.